The lowest BCUT2D eigenvalue weighted by Crippen LogP contribution is -2.38. The average Bonchev–Trinajstić information content (AvgIpc) is 3.01. The van der Waals surface area contributed by atoms with Crippen LogP contribution in [0.4, 0.5) is 0 Å². The van der Waals surface area contributed by atoms with Crippen molar-refractivity contribution in [1.29, 1.82) is 0 Å². The molecule has 1 heterocycles. The van der Waals surface area contributed by atoms with Gasteiger partial charge in [-0.15, -0.1) is 0 Å². The Morgan fingerprint density at radius 2 is 1.89 bits per heavy atom. The number of ether oxygens (including phenoxy) is 1. The summed E-state index contributed by atoms with van der Waals surface area (Å²) in [6.45, 7) is 2.68. The van der Waals surface area contributed by atoms with Gasteiger partial charge in [0.25, 0.3) is 5.91 Å². The third kappa shape index (κ3) is 4.32. The lowest BCUT2D eigenvalue weighted by molar-refractivity contribution is -0.120. The van der Waals surface area contributed by atoms with Crippen molar-refractivity contribution in [2.75, 3.05) is 26.8 Å². The van der Waals surface area contributed by atoms with Gasteiger partial charge in [0.15, 0.2) is 0 Å². The van der Waals surface area contributed by atoms with Crippen LogP contribution in [0.15, 0.2) is 48.5 Å². The van der Waals surface area contributed by atoms with Crippen LogP contribution in [0.3, 0.4) is 0 Å². The predicted octanol–water partition coefficient (Wildman–Crippen LogP) is 1.83. The summed E-state index contributed by atoms with van der Waals surface area (Å²) in [6, 6.07) is 15.3. The molecular weight excluding hydrogens is 344 g/mol. The summed E-state index contributed by atoms with van der Waals surface area (Å²) in [5.41, 5.74) is 3.13. The first kappa shape index (κ1) is 18.6. The summed E-state index contributed by atoms with van der Waals surface area (Å²) in [4.78, 5) is 28.6. The van der Waals surface area contributed by atoms with Gasteiger partial charge in [-0.25, -0.2) is 4.98 Å². The first-order chi connectivity index (χ1) is 13.1. The predicted molar refractivity (Wildman–Crippen MR) is 103 cm³/mol. The van der Waals surface area contributed by atoms with E-state index in [1.165, 1.54) is 0 Å². The number of rotatable bonds is 7. The molecule has 0 aliphatic heterocycles. The molecule has 2 amide bonds. The quantitative estimate of drug-likeness (QED) is 0.625. The van der Waals surface area contributed by atoms with Crippen LogP contribution in [0.5, 0.6) is 0 Å². The van der Waals surface area contributed by atoms with E-state index in [-0.39, 0.29) is 18.4 Å². The van der Waals surface area contributed by atoms with Gasteiger partial charge in [0, 0.05) is 24.9 Å². The number of methoxy groups -OCH3 is 1. The van der Waals surface area contributed by atoms with Crippen LogP contribution in [0.1, 0.15) is 16.2 Å². The first-order valence-corrected chi connectivity index (χ1v) is 8.68. The Kier molecular flexibility index (Phi) is 5.83. The summed E-state index contributed by atoms with van der Waals surface area (Å²) in [6.07, 6.45) is 0. The summed E-state index contributed by atoms with van der Waals surface area (Å²) in [5, 5.41) is 5.27. The molecule has 27 heavy (non-hydrogen) atoms. The molecule has 0 fully saturated rings. The molecule has 3 rings (SSSR count). The van der Waals surface area contributed by atoms with Gasteiger partial charge in [-0.1, -0.05) is 18.2 Å². The van der Waals surface area contributed by atoms with Crippen molar-refractivity contribution in [2.45, 2.75) is 6.92 Å². The minimum absolute atomic E-state index is 0.0852. The van der Waals surface area contributed by atoms with Gasteiger partial charge in [0.2, 0.25) is 5.91 Å². The van der Waals surface area contributed by atoms with E-state index >= 15 is 0 Å². The van der Waals surface area contributed by atoms with E-state index in [0.717, 1.165) is 22.5 Å². The molecule has 2 aromatic carbocycles. The second kappa shape index (κ2) is 8.46. The Hall–Kier alpha value is -3.19. The highest BCUT2D eigenvalue weighted by molar-refractivity contribution is 5.99. The second-order valence-corrected chi connectivity index (χ2v) is 6.06. The van der Waals surface area contributed by atoms with E-state index in [9.17, 15) is 9.59 Å². The number of aromatic nitrogens is 2. The van der Waals surface area contributed by atoms with Crippen LogP contribution >= 0.6 is 0 Å². The average molecular weight is 366 g/mol. The second-order valence-electron chi connectivity index (χ2n) is 6.06. The molecule has 0 aliphatic carbocycles. The molecule has 0 saturated carbocycles. The number of aryl methyl sites for hydroxylation is 1. The Morgan fingerprint density at radius 3 is 2.63 bits per heavy atom. The van der Waals surface area contributed by atoms with Gasteiger partial charge in [0.1, 0.15) is 5.82 Å². The Bertz CT molecular complexity index is 951. The molecule has 0 aliphatic rings. The number of imidazole rings is 1. The standard InChI is InChI=1S/C20H22N4O3/c1-14-23-17-12-15(20(26)22-13-19(25)21-10-11-27-2)8-9-18(17)24(14)16-6-4-3-5-7-16/h3-9,12H,10-11,13H2,1-2H3,(H,21,25)(H,22,26). The smallest absolute Gasteiger partial charge is 0.251 e. The molecule has 0 unspecified atom stereocenters. The van der Waals surface area contributed by atoms with Crippen LogP contribution in [0.2, 0.25) is 0 Å². The van der Waals surface area contributed by atoms with Crippen molar-refractivity contribution in [2.24, 2.45) is 0 Å². The number of para-hydroxylation sites is 1. The molecule has 0 saturated heterocycles. The van der Waals surface area contributed by atoms with Crippen molar-refractivity contribution in [3.05, 3.63) is 59.9 Å². The lowest BCUT2D eigenvalue weighted by Gasteiger charge is -2.08. The van der Waals surface area contributed by atoms with E-state index in [2.05, 4.69) is 15.6 Å². The van der Waals surface area contributed by atoms with Crippen molar-refractivity contribution >= 4 is 22.8 Å². The lowest BCUT2D eigenvalue weighted by atomic mass is 10.2. The fourth-order valence-corrected chi connectivity index (χ4v) is 2.86. The molecule has 1 aromatic heterocycles. The normalized spacial score (nSPS) is 10.7. The Balaban J connectivity index is 1.74. The topological polar surface area (TPSA) is 85.2 Å². The number of amides is 2. The van der Waals surface area contributed by atoms with Gasteiger partial charge in [-0.3, -0.25) is 14.2 Å². The zero-order valence-electron chi connectivity index (χ0n) is 15.4. The van der Waals surface area contributed by atoms with E-state index in [1.807, 2.05) is 47.9 Å². The van der Waals surface area contributed by atoms with Crippen molar-refractivity contribution < 1.29 is 14.3 Å². The van der Waals surface area contributed by atoms with Crippen molar-refractivity contribution in [3.8, 4) is 5.69 Å². The highest BCUT2D eigenvalue weighted by Crippen LogP contribution is 2.22. The van der Waals surface area contributed by atoms with E-state index in [1.54, 1.807) is 19.2 Å². The number of carbonyl (C=O) groups excluding carboxylic acids is 2. The highest BCUT2D eigenvalue weighted by atomic mass is 16.5. The van der Waals surface area contributed by atoms with E-state index < -0.39 is 0 Å². The van der Waals surface area contributed by atoms with Crippen molar-refractivity contribution in [1.82, 2.24) is 20.2 Å². The van der Waals surface area contributed by atoms with Crippen LogP contribution in [0.25, 0.3) is 16.7 Å². The zero-order valence-corrected chi connectivity index (χ0v) is 15.4. The maximum absolute atomic E-state index is 12.3. The molecule has 0 bridgehead atoms. The number of hydrogen-bond donors (Lipinski definition) is 2. The Morgan fingerprint density at radius 1 is 1.11 bits per heavy atom. The maximum Gasteiger partial charge on any atom is 0.251 e. The van der Waals surface area contributed by atoms with E-state index in [4.69, 9.17) is 4.74 Å². The number of carbonyl (C=O) groups is 2. The number of nitrogens with zero attached hydrogens (tertiary/aromatic N) is 2. The molecule has 0 atom stereocenters. The number of fused-ring (bicyclic) bond motifs is 1. The molecule has 7 heteroatoms. The number of nitrogens with one attached hydrogen (secondary N) is 2. The highest BCUT2D eigenvalue weighted by Gasteiger charge is 2.13. The summed E-state index contributed by atoms with van der Waals surface area (Å²) in [7, 11) is 1.56. The van der Waals surface area contributed by atoms with Gasteiger partial charge >= 0.3 is 0 Å². The fourth-order valence-electron chi connectivity index (χ4n) is 2.86. The molecule has 7 nitrogen and oxygen atoms in total. The van der Waals surface area contributed by atoms with Gasteiger partial charge in [0.05, 0.1) is 24.2 Å². The third-order valence-electron chi connectivity index (χ3n) is 4.14. The van der Waals surface area contributed by atoms with Crippen LogP contribution in [-0.2, 0) is 9.53 Å². The molecule has 3 aromatic rings. The minimum atomic E-state index is -0.314. The maximum atomic E-state index is 12.3. The van der Waals surface area contributed by atoms with Gasteiger partial charge < -0.3 is 15.4 Å². The molecular formula is C20H22N4O3. The first-order valence-electron chi connectivity index (χ1n) is 8.68. The number of benzene rings is 2. The van der Waals surface area contributed by atoms with Gasteiger partial charge in [-0.05, 0) is 37.3 Å². The molecule has 140 valence electrons. The molecule has 0 radical (unpaired) electrons. The van der Waals surface area contributed by atoms with Crippen molar-refractivity contribution in [3.63, 3.8) is 0 Å². The summed E-state index contributed by atoms with van der Waals surface area (Å²) >= 11 is 0. The van der Waals surface area contributed by atoms with Crippen LogP contribution in [-0.4, -0.2) is 48.2 Å². The summed E-state index contributed by atoms with van der Waals surface area (Å²) in [5.74, 6) is 0.266. The van der Waals surface area contributed by atoms with Crippen LogP contribution in [0, 0.1) is 6.92 Å². The zero-order chi connectivity index (χ0) is 19.2. The van der Waals surface area contributed by atoms with Crippen LogP contribution < -0.4 is 10.6 Å². The molecule has 2 N–H and O–H groups in total. The SMILES string of the molecule is COCCNC(=O)CNC(=O)c1ccc2c(c1)nc(C)n2-c1ccccc1. The number of hydrogen-bond acceptors (Lipinski definition) is 4. The largest absolute Gasteiger partial charge is 0.383 e. The Labute approximate surface area is 157 Å². The minimum Gasteiger partial charge on any atom is -0.383 e. The van der Waals surface area contributed by atoms with E-state index in [0.29, 0.717) is 18.7 Å². The molecule has 0 spiro atoms. The third-order valence-corrected chi connectivity index (χ3v) is 4.14. The van der Waals surface area contributed by atoms with Gasteiger partial charge in [-0.2, -0.15) is 0 Å². The summed E-state index contributed by atoms with van der Waals surface area (Å²) < 4.78 is 6.90. The fraction of sp³-hybridized carbons (Fsp3) is 0.250. The monoisotopic (exact) mass is 366 g/mol.